The van der Waals surface area contributed by atoms with Crippen molar-refractivity contribution >= 4 is 39.1 Å². The predicted octanol–water partition coefficient (Wildman–Crippen LogP) is 4.48. The van der Waals surface area contributed by atoms with Crippen molar-refractivity contribution in [1.82, 2.24) is 4.98 Å². The van der Waals surface area contributed by atoms with Gasteiger partial charge in [-0.1, -0.05) is 40.2 Å². The maximum atomic E-state index is 13.0. The van der Waals surface area contributed by atoms with Crippen LogP contribution in [-0.4, -0.2) is 28.9 Å². The number of anilines is 1. The van der Waals surface area contributed by atoms with Crippen molar-refractivity contribution in [3.8, 4) is 5.75 Å². The van der Waals surface area contributed by atoms with Gasteiger partial charge in [-0.05, 0) is 42.0 Å². The molecular formula is C23H17BrN2O4. The van der Waals surface area contributed by atoms with E-state index in [1.165, 1.54) is 11.1 Å². The van der Waals surface area contributed by atoms with Crippen molar-refractivity contribution in [2.24, 2.45) is 0 Å². The van der Waals surface area contributed by atoms with Crippen LogP contribution in [0.4, 0.5) is 5.69 Å². The Kier molecular flexibility index (Phi) is 5.37. The number of halogens is 1. The summed E-state index contributed by atoms with van der Waals surface area (Å²) < 4.78 is 6.05. The summed E-state index contributed by atoms with van der Waals surface area (Å²) in [5.41, 5.74) is 1.60. The molecule has 1 amide bonds. The largest absolute Gasteiger partial charge is 0.507 e. The van der Waals surface area contributed by atoms with Gasteiger partial charge < -0.3 is 9.84 Å². The number of amides is 1. The Morgan fingerprint density at radius 1 is 1.07 bits per heavy atom. The van der Waals surface area contributed by atoms with E-state index in [4.69, 9.17) is 4.74 Å². The monoisotopic (exact) mass is 464 g/mol. The lowest BCUT2D eigenvalue weighted by atomic mass is 9.95. The summed E-state index contributed by atoms with van der Waals surface area (Å²) in [5.74, 6) is -1.05. The van der Waals surface area contributed by atoms with Gasteiger partial charge in [-0.2, -0.15) is 0 Å². The number of methoxy groups -OCH3 is 1. The van der Waals surface area contributed by atoms with E-state index in [1.54, 1.807) is 74.0 Å². The molecule has 2 heterocycles. The number of rotatable bonds is 4. The number of aromatic nitrogens is 1. The number of benzene rings is 2. The van der Waals surface area contributed by atoms with E-state index in [-0.39, 0.29) is 11.3 Å². The number of aliphatic hydroxyl groups is 1. The summed E-state index contributed by atoms with van der Waals surface area (Å²) in [6, 6.07) is 16.5. The van der Waals surface area contributed by atoms with E-state index in [9.17, 15) is 14.7 Å². The molecule has 150 valence electrons. The molecule has 2 aromatic carbocycles. The van der Waals surface area contributed by atoms with Crippen LogP contribution in [0.15, 0.2) is 83.1 Å². The summed E-state index contributed by atoms with van der Waals surface area (Å²) in [6.45, 7) is 0. The smallest absolute Gasteiger partial charge is 0.300 e. The van der Waals surface area contributed by atoms with Crippen molar-refractivity contribution in [3.05, 3.63) is 94.2 Å². The molecule has 0 radical (unpaired) electrons. The van der Waals surface area contributed by atoms with Crippen LogP contribution >= 0.6 is 15.9 Å². The number of Topliss-reactive ketones (excluding diaryl/α,β-unsaturated/α-hetero) is 1. The zero-order chi connectivity index (χ0) is 21.3. The predicted molar refractivity (Wildman–Crippen MR) is 116 cm³/mol. The zero-order valence-electron chi connectivity index (χ0n) is 15.9. The Balaban J connectivity index is 1.92. The molecule has 4 rings (SSSR count). The first-order chi connectivity index (χ1) is 14.5. The van der Waals surface area contributed by atoms with E-state index in [0.29, 0.717) is 22.6 Å². The molecule has 0 spiro atoms. The molecular weight excluding hydrogens is 448 g/mol. The highest BCUT2D eigenvalue weighted by molar-refractivity contribution is 9.10. The highest BCUT2D eigenvalue weighted by Gasteiger charge is 2.47. The quantitative estimate of drug-likeness (QED) is 0.349. The first-order valence-corrected chi connectivity index (χ1v) is 9.91. The first kappa shape index (κ1) is 19.8. The molecule has 0 bridgehead atoms. The molecule has 1 N–H and O–H groups in total. The molecule has 0 saturated carbocycles. The number of carbonyl (C=O) groups excluding carboxylic acids is 2. The molecule has 1 saturated heterocycles. The lowest BCUT2D eigenvalue weighted by Gasteiger charge is -2.25. The van der Waals surface area contributed by atoms with Gasteiger partial charge in [0.05, 0.1) is 30.6 Å². The molecule has 1 fully saturated rings. The first-order valence-electron chi connectivity index (χ1n) is 9.12. The minimum Gasteiger partial charge on any atom is -0.507 e. The number of pyridine rings is 1. The van der Waals surface area contributed by atoms with E-state index < -0.39 is 17.7 Å². The van der Waals surface area contributed by atoms with Crippen LogP contribution < -0.4 is 9.64 Å². The number of ether oxygens (including phenoxy) is 1. The summed E-state index contributed by atoms with van der Waals surface area (Å²) in [4.78, 5) is 31.4. The maximum absolute atomic E-state index is 13.0. The number of hydrogen-bond donors (Lipinski definition) is 1. The third kappa shape index (κ3) is 3.48. The number of hydrogen-bond acceptors (Lipinski definition) is 5. The molecule has 0 aliphatic carbocycles. The van der Waals surface area contributed by atoms with Gasteiger partial charge in [0.1, 0.15) is 11.5 Å². The fourth-order valence-electron chi connectivity index (χ4n) is 3.46. The summed E-state index contributed by atoms with van der Waals surface area (Å²) in [5, 5.41) is 11.0. The van der Waals surface area contributed by atoms with E-state index in [2.05, 4.69) is 20.9 Å². The van der Waals surface area contributed by atoms with Gasteiger partial charge in [0.25, 0.3) is 11.7 Å². The number of ketones is 1. The molecule has 1 aromatic heterocycles. The molecule has 7 heteroatoms. The Bertz CT molecular complexity index is 1130. The summed E-state index contributed by atoms with van der Waals surface area (Å²) in [6.07, 6.45) is 3.10. The van der Waals surface area contributed by atoms with Crippen LogP contribution in [0.25, 0.3) is 5.76 Å². The second kappa shape index (κ2) is 8.12. The van der Waals surface area contributed by atoms with Crippen molar-refractivity contribution in [2.75, 3.05) is 12.0 Å². The molecule has 1 aliphatic heterocycles. The molecule has 1 aliphatic rings. The van der Waals surface area contributed by atoms with Gasteiger partial charge in [-0.3, -0.25) is 19.5 Å². The topological polar surface area (TPSA) is 79.7 Å². The fraction of sp³-hybridized carbons (Fsp3) is 0.0870. The number of aliphatic hydroxyl groups excluding tert-OH is 1. The zero-order valence-corrected chi connectivity index (χ0v) is 17.5. The Morgan fingerprint density at radius 2 is 1.77 bits per heavy atom. The SMILES string of the molecule is COc1ccc(C2/C(=C(\O)c3ccc(Br)cc3)C(=O)C(=O)N2c2cccnc2)cc1. The van der Waals surface area contributed by atoms with Crippen LogP contribution in [0.5, 0.6) is 5.75 Å². The second-order valence-corrected chi connectivity index (χ2v) is 7.58. The molecule has 1 unspecified atom stereocenters. The molecule has 1 atom stereocenters. The van der Waals surface area contributed by atoms with Crippen LogP contribution in [0, 0.1) is 0 Å². The van der Waals surface area contributed by atoms with Gasteiger partial charge in [0.15, 0.2) is 0 Å². The summed E-state index contributed by atoms with van der Waals surface area (Å²) >= 11 is 3.36. The molecule has 30 heavy (non-hydrogen) atoms. The fourth-order valence-corrected chi connectivity index (χ4v) is 3.72. The van der Waals surface area contributed by atoms with Crippen molar-refractivity contribution < 1.29 is 19.4 Å². The third-order valence-corrected chi connectivity index (χ3v) is 5.45. The van der Waals surface area contributed by atoms with Crippen LogP contribution in [-0.2, 0) is 9.59 Å². The molecule has 6 nitrogen and oxygen atoms in total. The van der Waals surface area contributed by atoms with E-state index >= 15 is 0 Å². The van der Waals surface area contributed by atoms with E-state index in [0.717, 1.165) is 4.47 Å². The van der Waals surface area contributed by atoms with Crippen LogP contribution in [0.1, 0.15) is 17.2 Å². The van der Waals surface area contributed by atoms with Crippen molar-refractivity contribution in [2.45, 2.75) is 6.04 Å². The van der Waals surface area contributed by atoms with Gasteiger partial charge in [-0.25, -0.2) is 0 Å². The normalized spacial score (nSPS) is 17.9. The highest BCUT2D eigenvalue weighted by atomic mass is 79.9. The lowest BCUT2D eigenvalue weighted by Crippen LogP contribution is -2.29. The average Bonchev–Trinajstić information content (AvgIpc) is 3.05. The van der Waals surface area contributed by atoms with Crippen molar-refractivity contribution in [1.29, 1.82) is 0 Å². The minimum atomic E-state index is -0.802. The average molecular weight is 465 g/mol. The van der Waals surface area contributed by atoms with Gasteiger partial charge >= 0.3 is 0 Å². The van der Waals surface area contributed by atoms with Gasteiger partial charge in [0, 0.05) is 16.2 Å². The number of nitrogens with zero attached hydrogens (tertiary/aromatic N) is 2. The summed E-state index contributed by atoms with van der Waals surface area (Å²) in [7, 11) is 1.56. The minimum absolute atomic E-state index is 0.0244. The second-order valence-electron chi connectivity index (χ2n) is 6.66. The Labute approximate surface area is 181 Å². The highest BCUT2D eigenvalue weighted by Crippen LogP contribution is 2.42. The van der Waals surface area contributed by atoms with Crippen LogP contribution in [0.2, 0.25) is 0 Å². The van der Waals surface area contributed by atoms with Crippen molar-refractivity contribution in [3.63, 3.8) is 0 Å². The Hall–Kier alpha value is -3.45. The number of carbonyl (C=O) groups is 2. The third-order valence-electron chi connectivity index (χ3n) is 4.92. The Morgan fingerprint density at radius 3 is 2.37 bits per heavy atom. The van der Waals surface area contributed by atoms with Crippen LogP contribution in [0.3, 0.4) is 0 Å². The van der Waals surface area contributed by atoms with E-state index in [1.807, 2.05) is 0 Å². The van der Waals surface area contributed by atoms with Gasteiger partial charge in [0.2, 0.25) is 0 Å². The maximum Gasteiger partial charge on any atom is 0.300 e. The lowest BCUT2D eigenvalue weighted by molar-refractivity contribution is -0.132. The standard InChI is InChI=1S/C23H17BrN2O4/c1-30-18-10-6-14(7-11-18)20-19(21(27)15-4-8-16(24)9-5-15)22(28)23(29)26(20)17-3-2-12-25-13-17/h2-13,20,27H,1H3/b21-19+. The molecule has 3 aromatic rings. The van der Waals surface area contributed by atoms with Gasteiger partial charge in [-0.15, -0.1) is 0 Å².